The van der Waals surface area contributed by atoms with Gasteiger partial charge in [-0.1, -0.05) is 29.3 Å². The van der Waals surface area contributed by atoms with Crippen molar-refractivity contribution in [2.75, 3.05) is 13.2 Å². The van der Waals surface area contributed by atoms with Crippen LogP contribution in [0.3, 0.4) is 0 Å². The molecule has 0 aliphatic carbocycles. The number of esters is 1. The Bertz CT molecular complexity index is 552. The standard InChI is InChI=1S/C17H22F5NO2/c1-12-8-13(2)10-14(9-12)11-23-6-4-3-5-7-25-15(24)16(18,19)17(20,21)22/h8-10,23H,3-7,11H2,1-2H3/p+1. The van der Waals surface area contributed by atoms with Crippen molar-refractivity contribution in [2.45, 2.75) is 51.8 Å². The second-order valence-electron chi connectivity index (χ2n) is 6.05. The Hall–Kier alpha value is -1.70. The average Bonchev–Trinajstić information content (AvgIpc) is 2.47. The molecule has 0 aliphatic heterocycles. The molecule has 8 heteroatoms. The van der Waals surface area contributed by atoms with Crippen molar-refractivity contribution in [1.82, 2.24) is 0 Å². The number of halogens is 5. The van der Waals surface area contributed by atoms with Gasteiger partial charge in [-0.05, 0) is 33.1 Å². The highest BCUT2D eigenvalue weighted by atomic mass is 19.4. The molecule has 0 aliphatic rings. The molecule has 0 saturated heterocycles. The van der Waals surface area contributed by atoms with Crippen LogP contribution in [0, 0.1) is 13.8 Å². The normalized spacial score (nSPS) is 12.3. The van der Waals surface area contributed by atoms with E-state index in [-0.39, 0.29) is 6.42 Å². The van der Waals surface area contributed by atoms with Gasteiger partial charge in [0.05, 0.1) is 13.2 Å². The Morgan fingerprint density at radius 2 is 1.60 bits per heavy atom. The number of benzene rings is 1. The van der Waals surface area contributed by atoms with Crippen LogP contribution in [-0.2, 0) is 16.1 Å². The van der Waals surface area contributed by atoms with Gasteiger partial charge < -0.3 is 10.1 Å². The molecule has 0 amide bonds. The number of rotatable bonds is 9. The number of alkyl halides is 5. The summed E-state index contributed by atoms with van der Waals surface area (Å²) in [7, 11) is 0. The number of quaternary nitrogens is 1. The zero-order valence-electron chi connectivity index (χ0n) is 14.3. The number of hydrogen-bond acceptors (Lipinski definition) is 2. The van der Waals surface area contributed by atoms with E-state index in [0.29, 0.717) is 6.42 Å². The van der Waals surface area contributed by atoms with Crippen LogP contribution >= 0.6 is 0 Å². The van der Waals surface area contributed by atoms with Crippen LogP contribution in [0.25, 0.3) is 0 Å². The maximum absolute atomic E-state index is 12.6. The average molecular weight is 368 g/mol. The third-order valence-corrected chi connectivity index (χ3v) is 3.56. The number of hydrogen-bond donors (Lipinski definition) is 1. The molecule has 1 aromatic rings. The van der Waals surface area contributed by atoms with Crippen molar-refractivity contribution in [3.8, 4) is 0 Å². The summed E-state index contributed by atoms with van der Waals surface area (Å²) in [6, 6.07) is 6.29. The van der Waals surface area contributed by atoms with E-state index < -0.39 is 24.7 Å². The summed E-state index contributed by atoms with van der Waals surface area (Å²) >= 11 is 0. The van der Waals surface area contributed by atoms with E-state index in [9.17, 15) is 26.7 Å². The molecular weight excluding hydrogens is 345 g/mol. The summed E-state index contributed by atoms with van der Waals surface area (Å²) in [4.78, 5) is 10.8. The van der Waals surface area contributed by atoms with E-state index in [0.717, 1.165) is 19.5 Å². The smallest absolute Gasteiger partial charge is 0.461 e. The zero-order chi connectivity index (χ0) is 19.1. The van der Waals surface area contributed by atoms with Gasteiger partial charge in [0.2, 0.25) is 0 Å². The molecule has 2 N–H and O–H groups in total. The molecule has 142 valence electrons. The molecule has 3 nitrogen and oxygen atoms in total. The summed E-state index contributed by atoms with van der Waals surface area (Å²) in [5.74, 6) is -7.99. The van der Waals surface area contributed by atoms with Gasteiger partial charge >= 0.3 is 18.1 Å². The number of aryl methyl sites for hydroxylation is 2. The first-order valence-electron chi connectivity index (χ1n) is 8.04. The summed E-state index contributed by atoms with van der Waals surface area (Å²) < 4.78 is 65.0. The topological polar surface area (TPSA) is 42.9 Å². The second-order valence-corrected chi connectivity index (χ2v) is 6.05. The quantitative estimate of drug-likeness (QED) is 0.413. The van der Waals surface area contributed by atoms with Crippen molar-refractivity contribution >= 4 is 5.97 Å². The minimum Gasteiger partial charge on any atom is -0.461 e. The third kappa shape index (κ3) is 6.97. The first kappa shape index (κ1) is 21.3. The number of ether oxygens (including phenoxy) is 1. The highest BCUT2D eigenvalue weighted by Crippen LogP contribution is 2.36. The monoisotopic (exact) mass is 368 g/mol. The second kappa shape index (κ2) is 9.12. The maximum atomic E-state index is 12.6. The highest BCUT2D eigenvalue weighted by Gasteiger charge is 2.64. The minimum absolute atomic E-state index is 0.247. The van der Waals surface area contributed by atoms with E-state index >= 15 is 0 Å². The Kier molecular flexibility index (Phi) is 7.79. The largest absolute Gasteiger partial charge is 0.465 e. The lowest BCUT2D eigenvalue weighted by Crippen LogP contribution is -2.82. The summed E-state index contributed by atoms with van der Waals surface area (Å²) in [5.41, 5.74) is 3.60. The maximum Gasteiger partial charge on any atom is 0.465 e. The molecule has 0 spiro atoms. The molecule has 0 aromatic heterocycles. The molecule has 0 bridgehead atoms. The molecule has 25 heavy (non-hydrogen) atoms. The van der Waals surface area contributed by atoms with Crippen LogP contribution in [0.5, 0.6) is 0 Å². The van der Waals surface area contributed by atoms with Crippen LogP contribution in [0.1, 0.15) is 36.0 Å². The lowest BCUT2D eigenvalue weighted by atomic mass is 10.1. The molecule has 1 aromatic carbocycles. The van der Waals surface area contributed by atoms with Crippen molar-refractivity contribution < 1.29 is 36.8 Å². The molecule has 0 atom stereocenters. The van der Waals surface area contributed by atoms with E-state index in [1.807, 2.05) is 13.8 Å². The SMILES string of the molecule is Cc1cc(C)cc(C[NH2+]CCCCCOC(=O)C(F)(F)C(F)(F)F)c1. The molecule has 0 radical (unpaired) electrons. The van der Waals surface area contributed by atoms with Crippen LogP contribution in [0.2, 0.25) is 0 Å². The van der Waals surface area contributed by atoms with Crippen LogP contribution in [0.15, 0.2) is 18.2 Å². The fourth-order valence-corrected chi connectivity index (χ4v) is 2.39. The predicted molar refractivity (Wildman–Crippen MR) is 82.2 cm³/mol. The molecule has 0 unspecified atom stereocenters. The van der Waals surface area contributed by atoms with Crippen LogP contribution < -0.4 is 5.32 Å². The van der Waals surface area contributed by atoms with Gasteiger partial charge in [-0.15, -0.1) is 0 Å². The first-order chi connectivity index (χ1) is 11.5. The highest BCUT2D eigenvalue weighted by molar-refractivity contribution is 5.78. The molecule has 0 heterocycles. The molecular formula is C17H23F5NO2+. The van der Waals surface area contributed by atoms with Gasteiger partial charge in [-0.2, -0.15) is 22.0 Å². The number of unbranched alkanes of at least 4 members (excludes halogenated alkanes) is 2. The van der Waals surface area contributed by atoms with Gasteiger partial charge in [-0.3, -0.25) is 0 Å². The fraction of sp³-hybridized carbons (Fsp3) is 0.588. The zero-order valence-corrected chi connectivity index (χ0v) is 14.3. The van der Waals surface area contributed by atoms with Crippen molar-refractivity contribution in [2.24, 2.45) is 0 Å². The van der Waals surface area contributed by atoms with Gasteiger partial charge in [0.15, 0.2) is 0 Å². The van der Waals surface area contributed by atoms with E-state index in [2.05, 4.69) is 28.3 Å². The Balaban J connectivity index is 2.14. The lowest BCUT2D eigenvalue weighted by molar-refractivity contribution is -0.671. The third-order valence-electron chi connectivity index (χ3n) is 3.56. The van der Waals surface area contributed by atoms with Gasteiger partial charge in [-0.25, -0.2) is 4.79 Å². The van der Waals surface area contributed by atoms with Crippen LogP contribution in [-0.4, -0.2) is 31.2 Å². The van der Waals surface area contributed by atoms with Gasteiger partial charge in [0, 0.05) is 5.56 Å². The predicted octanol–water partition coefficient (Wildman–Crippen LogP) is 3.28. The molecule has 0 fully saturated rings. The first-order valence-corrected chi connectivity index (χ1v) is 8.04. The molecule has 1 rings (SSSR count). The van der Waals surface area contributed by atoms with E-state index in [4.69, 9.17) is 0 Å². The Morgan fingerprint density at radius 3 is 2.16 bits per heavy atom. The van der Waals surface area contributed by atoms with Crippen LogP contribution in [0.4, 0.5) is 22.0 Å². The van der Waals surface area contributed by atoms with Gasteiger partial charge in [0.25, 0.3) is 0 Å². The summed E-state index contributed by atoms with van der Waals surface area (Å²) in [6.07, 6.45) is -4.35. The van der Waals surface area contributed by atoms with E-state index in [1.165, 1.54) is 16.7 Å². The number of nitrogens with two attached hydrogens (primary N) is 1. The summed E-state index contributed by atoms with van der Waals surface area (Å²) in [6.45, 7) is 5.22. The number of carbonyl (C=O) groups excluding carboxylic acids is 1. The number of carbonyl (C=O) groups is 1. The van der Waals surface area contributed by atoms with Crippen molar-refractivity contribution in [1.29, 1.82) is 0 Å². The Labute approximate surface area is 143 Å². The van der Waals surface area contributed by atoms with Crippen molar-refractivity contribution in [3.63, 3.8) is 0 Å². The van der Waals surface area contributed by atoms with Gasteiger partial charge in [0.1, 0.15) is 6.54 Å². The fourth-order valence-electron chi connectivity index (χ4n) is 2.39. The van der Waals surface area contributed by atoms with E-state index in [1.54, 1.807) is 0 Å². The Morgan fingerprint density at radius 1 is 1.00 bits per heavy atom. The molecule has 0 saturated carbocycles. The summed E-state index contributed by atoms with van der Waals surface area (Å²) in [5, 5.41) is 2.10. The lowest BCUT2D eigenvalue weighted by Gasteiger charge is -2.17. The van der Waals surface area contributed by atoms with Crippen molar-refractivity contribution in [3.05, 3.63) is 34.9 Å². The minimum atomic E-state index is -5.92.